The minimum absolute atomic E-state index is 0.0906. The first kappa shape index (κ1) is 14.8. The van der Waals surface area contributed by atoms with Gasteiger partial charge in [-0.25, -0.2) is 0 Å². The van der Waals surface area contributed by atoms with Crippen LogP contribution in [0.3, 0.4) is 0 Å². The van der Waals surface area contributed by atoms with Gasteiger partial charge in [0.2, 0.25) is 0 Å². The minimum atomic E-state index is 0.0906. The van der Waals surface area contributed by atoms with Gasteiger partial charge in [0.05, 0.1) is 0 Å². The highest BCUT2D eigenvalue weighted by atomic mass is 15.1. The van der Waals surface area contributed by atoms with Crippen LogP contribution in [0.4, 0.5) is 0 Å². The summed E-state index contributed by atoms with van der Waals surface area (Å²) in [5, 5.41) is 0. The van der Waals surface area contributed by atoms with Gasteiger partial charge in [0.25, 0.3) is 0 Å². The molecule has 20 heavy (non-hydrogen) atoms. The molecular formula is C18H24N2. The third-order valence-electron chi connectivity index (χ3n) is 3.67. The van der Waals surface area contributed by atoms with Crippen molar-refractivity contribution in [3.05, 3.63) is 71.3 Å². The first-order chi connectivity index (χ1) is 9.58. The van der Waals surface area contributed by atoms with Crippen molar-refractivity contribution in [3.63, 3.8) is 0 Å². The van der Waals surface area contributed by atoms with Crippen LogP contribution in [0.15, 0.2) is 54.6 Å². The monoisotopic (exact) mass is 268 g/mol. The van der Waals surface area contributed by atoms with Crippen LogP contribution in [0.25, 0.3) is 0 Å². The van der Waals surface area contributed by atoms with Crippen molar-refractivity contribution in [2.24, 2.45) is 5.73 Å². The Hall–Kier alpha value is -1.64. The van der Waals surface area contributed by atoms with Gasteiger partial charge in [-0.1, -0.05) is 60.2 Å². The minimum Gasteiger partial charge on any atom is -0.326 e. The molecule has 2 rings (SSSR count). The van der Waals surface area contributed by atoms with E-state index in [0.717, 1.165) is 6.54 Å². The molecule has 0 aromatic heterocycles. The van der Waals surface area contributed by atoms with E-state index in [-0.39, 0.29) is 12.1 Å². The molecule has 2 aromatic rings. The predicted octanol–water partition coefficient (Wildman–Crippen LogP) is 3.52. The maximum atomic E-state index is 6.21. The third kappa shape index (κ3) is 3.69. The van der Waals surface area contributed by atoms with Gasteiger partial charge in [-0.05, 0) is 32.0 Å². The Morgan fingerprint density at radius 3 is 2.15 bits per heavy atom. The van der Waals surface area contributed by atoms with E-state index in [9.17, 15) is 0 Å². The first-order valence-corrected chi connectivity index (χ1v) is 7.14. The lowest BCUT2D eigenvalue weighted by molar-refractivity contribution is 0.211. The number of hydrogen-bond acceptors (Lipinski definition) is 2. The molecule has 0 radical (unpaired) electrons. The zero-order valence-electron chi connectivity index (χ0n) is 12.6. The van der Waals surface area contributed by atoms with E-state index < -0.39 is 0 Å². The second-order valence-corrected chi connectivity index (χ2v) is 5.62. The number of nitrogens with zero attached hydrogens (tertiary/aromatic N) is 1. The average Bonchev–Trinajstić information content (AvgIpc) is 2.42. The van der Waals surface area contributed by atoms with E-state index in [1.54, 1.807) is 0 Å². The van der Waals surface area contributed by atoms with E-state index in [0.29, 0.717) is 0 Å². The molecule has 2 unspecified atom stereocenters. The van der Waals surface area contributed by atoms with Gasteiger partial charge in [-0.15, -0.1) is 0 Å². The molecule has 2 atom stereocenters. The molecule has 2 N–H and O–H groups in total. The molecule has 0 bridgehead atoms. The van der Waals surface area contributed by atoms with Gasteiger partial charge in [-0.2, -0.15) is 0 Å². The smallest absolute Gasteiger partial charge is 0.0496 e. The fourth-order valence-corrected chi connectivity index (χ4v) is 2.69. The van der Waals surface area contributed by atoms with Crippen molar-refractivity contribution in [2.45, 2.75) is 32.5 Å². The summed E-state index contributed by atoms with van der Waals surface area (Å²) in [6, 6.07) is 19.5. The topological polar surface area (TPSA) is 29.3 Å². The van der Waals surface area contributed by atoms with Crippen molar-refractivity contribution in [3.8, 4) is 0 Å². The first-order valence-electron chi connectivity index (χ1n) is 7.14. The summed E-state index contributed by atoms with van der Waals surface area (Å²) in [4.78, 5) is 2.32. The third-order valence-corrected chi connectivity index (χ3v) is 3.67. The molecule has 0 aliphatic heterocycles. The number of benzene rings is 2. The van der Waals surface area contributed by atoms with Crippen molar-refractivity contribution in [2.75, 3.05) is 7.05 Å². The number of likely N-dealkylation sites (N-methyl/N-ethyl adjacent to an activating group) is 1. The molecule has 0 amide bonds. The van der Waals surface area contributed by atoms with Crippen molar-refractivity contribution < 1.29 is 0 Å². The number of nitrogens with two attached hydrogens (primary N) is 1. The van der Waals surface area contributed by atoms with Gasteiger partial charge in [-0.3, -0.25) is 4.90 Å². The molecule has 0 heterocycles. The Bertz CT molecular complexity index is 517. The fraction of sp³-hybridized carbons (Fsp3) is 0.333. The van der Waals surface area contributed by atoms with Crippen LogP contribution in [-0.2, 0) is 6.54 Å². The number of hydrogen-bond donors (Lipinski definition) is 1. The van der Waals surface area contributed by atoms with Crippen LogP contribution in [0, 0.1) is 6.92 Å². The maximum absolute atomic E-state index is 6.21. The molecule has 0 saturated carbocycles. The zero-order valence-corrected chi connectivity index (χ0v) is 12.6. The molecule has 2 nitrogen and oxygen atoms in total. The summed E-state index contributed by atoms with van der Waals surface area (Å²) in [5.41, 5.74) is 10.1. The quantitative estimate of drug-likeness (QED) is 0.899. The Balaban J connectivity index is 2.15. The number of rotatable bonds is 5. The summed E-state index contributed by atoms with van der Waals surface area (Å²) in [6.45, 7) is 5.09. The molecule has 2 aromatic carbocycles. The summed E-state index contributed by atoms with van der Waals surface area (Å²) in [7, 11) is 2.14. The van der Waals surface area contributed by atoms with Gasteiger partial charge >= 0.3 is 0 Å². The molecule has 0 spiro atoms. The Morgan fingerprint density at radius 2 is 1.60 bits per heavy atom. The van der Waals surface area contributed by atoms with E-state index in [1.165, 1.54) is 16.7 Å². The molecule has 2 heteroatoms. The van der Waals surface area contributed by atoms with Crippen LogP contribution in [-0.4, -0.2) is 18.0 Å². The summed E-state index contributed by atoms with van der Waals surface area (Å²) in [6.07, 6.45) is 0. The summed E-state index contributed by atoms with van der Waals surface area (Å²) >= 11 is 0. The van der Waals surface area contributed by atoms with Gasteiger partial charge in [0, 0.05) is 18.6 Å². The Morgan fingerprint density at radius 1 is 1.00 bits per heavy atom. The molecule has 0 fully saturated rings. The normalized spacial score (nSPS) is 14.2. The van der Waals surface area contributed by atoms with Gasteiger partial charge in [0.1, 0.15) is 0 Å². The van der Waals surface area contributed by atoms with E-state index in [1.807, 2.05) is 6.07 Å². The van der Waals surface area contributed by atoms with E-state index >= 15 is 0 Å². The summed E-state index contributed by atoms with van der Waals surface area (Å²) in [5.74, 6) is 0. The highest BCUT2D eigenvalue weighted by Gasteiger charge is 2.20. The Labute approximate surface area is 122 Å². The number of aryl methyl sites for hydroxylation is 1. The standard InChI is InChI=1S/C18H24N2/c1-14-9-11-16(12-10-14)13-20(3)18(15(2)19)17-7-5-4-6-8-17/h4-12,15,18H,13,19H2,1-3H3. The van der Waals surface area contributed by atoms with Crippen molar-refractivity contribution >= 4 is 0 Å². The lowest BCUT2D eigenvalue weighted by Gasteiger charge is -2.31. The van der Waals surface area contributed by atoms with Gasteiger partial charge < -0.3 is 5.73 Å². The lowest BCUT2D eigenvalue weighted by atomic mass is 9.99. The molecule has 0 aliphatic carbocycles. The van der Waals surface area contributed by atoms with E-state index in [4.69, 9.17) is 5.73 Å². The van der Waals surface area contributed by atoms with Crippen molar-refractivity contribution in [1.29, 1.82) is 0 Å². The zero-order chi connectivity index (χ0) is 14.5. The second-order valence-electron chi connectivity index (χ2n) is 5.62. The van der Waals surface area contributed by atoms with Gasteiger partial charge in [0.15, 0.2) is 0 Å². The van der Waals surface area contributed by atoms with Crippen molar-refractivity contribution in [1.82, 2.24) is 4.90 Å². The molecule has 0 saturated heterocycles. The molecule has 0 aliphatic rings. The fourth-order valence-electron chi connectivity index (χ4n) is 2.69. The van der Waals surface area contributed by atoms with Crippen LogP contribution < -0.4 is 5.73 Å². The average molecular weight is 268 g/mol. The maximum Gasteiger partial charge on any atom is 0.0496 e. The van der Waals surface area contributed by atoms with Crippen LogP contribution in [0.1, 0.15) is 29.7 Å². The van der Waals surface area contributed by atoms with Crippen LogP contribution in [0.2, 0.25) is 0 Å². The van der Waals surface area contributed by atoms with Crippen LogP contribution in [0.5, 0.6) is 0 Å². The highest BCUT2D eigenvalue weighted by molar-refractivity contribution is 5.23. The SMILES string of the molecule is Cc1ccc(CN(C)C(c2ccccc2)C(C)N)cc1. The Kier molecular flexibility index (Phi) is 4.94. The largest absolute Gasteiger partial charge is 0.326 e. The highest BCUT2D eigenvalue weighted by Crippen LogP contribution is 2.23. The predicted molar refractivity (Wildman–Crippen MR) is 85.5 cm³/mol. The van der Waals surface area contributed by atoms with E-state index in [2.05, 4.69) is 74.3 Å². The molecular weight excluding hydrogens is 244 g/mol. The summed E-state index contributed by atoms with van der Waals surface area (Å²) < 4.78 is 0. The van der Waals surface area contributed by atoms with Crippen LogP contribution >= 0.6 is 0 Å². The lowest BCUT2D eigenvalue weighted by Crippen LogP contribution is -2.36. The second kappa shape index (κ2) is 6.69. The molecule has 106 valence electrons.